The van der Waals surface area contributed by atoms with Gasteiger partial charge in [-0.1, -0.05) is 54.1 Å². The summed E-state index contributed by atoms with van der Waals surface area (Å²) in [4.78, 5) is 33.4. The van der Waals surface area contributed by atoms with Gasteiger partial charge in [0.25, 0.3) is 15.7 Å². The van der Waals surface area contributed by atoms with Gasteiger partial charge in [-0.25, -0.2) is 13.4 Å². The molecule has 6 rings (SSSR count). The molecule has 1 amide bonds. The van der Waals surface area contributed by atoms with Gasteiger partial charge in [-0.3, -0.25) is 14.2 Å². The lowest BCUT2D eigenvalue weighted by Crippen LogP contribution is -2.31. The molecule has 17 heteroatoms. The Morgan fingerprint density at radius 1 is 0.943 bits per heavy atom. The molecule has 0 atom stereocenters. The van der Waals surface area contributed by atoms with Crippen LogP contribution in [0.5, 0.6) is 5.88 Å². The zero-order chi connectivity index (χ0) is 37.4. The van der Waals surface area contributed by atoms with Gasteiger partial charge < -0.3 is 30.6 Å². The lowest BCUT2D eigenvalue weighted by Gasteiger charge is -2.27. The molecule has 5 aromatic rings. The third kappa shape index (κ3) is 9.20. The second-order valence-corrected chi connectivity index (χ2v) is 14.6. The Balaban J connectivity index is 0.941. The van der Waals surface area contributed by atoms with Crippen LogP contribution in [0.2, 0.25) is 5.02 Å². The number of sulfone groups is 1. The standard InChI is InChI=1S/C36H36ClN7O8S/c1-38-33(46)28-9-5-6-10-30(28)41-32-29(37)20-39-36(42-32)40-26-17-15-23(16-18-26)19-31(45)50-21-24-11-13-25(14-12-24)22-51-34-35(44(47)52-43-34)53(48,49)27-7-3-2-4-8-27/h2-10,15-18,20,24-25H,11-14,19,21-22H2,1H3,(H,38,46)(H2,39,40,41,42). The molecule has 0 radical (unpaired) electrons. The van der Waals surface area contributed by atoms with E-state index in [0.717, 1.165) is 31.2 Å². The number of anilines is 4. The topological polar surface area (TPSA) is 202 Å². The Labute approximate surface area is 310 Å². The van der Waals surface area contributed by atoms with Crippen LogP contribution in [0.25, 0.3) is 0 Å². The van der Waals surface area contributed by atoms with E-state index in [1.165, 1.54) is 18.3 Å². The van der Waals surface area contributed by atoms with Crippen LogP contribution in [-0.2, 0) is 25.8 Å². The first-order valence-corrected chi connectivity index (χ1v) is 18.6. The molecule has 53 heavy (non-hydrogen) atoms. The monoisotopic (exact) mass is 761 g/mol. The summed E-state index contributed by atoms with van der Waals surface area (Å²) >= 11 is 6.34. The van der Waals surface area contributed by atoms with Crippen LogP contribution < -0.4 is 25.6 Å². The van der Waals surface area contributed by atoms with Crippen LogP contribution in [0.1, 0.15) is 41.6 Å². The van der Waals surface area contributed by atoms with Gasteiger partial charge in [0.2, 0.25) is 5.95 Å². The summed E-state index contributed by atoms with van der Waals surface area (Å²) in [5.41, 5.74) is 2.42. The number of hydrogen-bond acceptors (Lipinski definition) is 13. The number of carbonyl (C=O) groups excluding carboxylic acids is 2. The average Bonchev–Trinajstić information content (AvgIpc) is 3.56. The zero-order valence-electron chi connectivity index (χ0n) is 28.5. The largest absolute Gasteiger partial charge is 0.465 e. The minimum atomic E-state index is -4.19. The van der Waals surface area contributed by atoms with E-state index in [-0.39, 0.29) is 63.4 Å². The molecule has 0 bridgehead atoms. The van der Waals surface area contributed by atoms with Crippen molar-refractivity contribution in [1.82, 2.24) is 20.4 Å². The third-order valence-corrected chi connectivity index (χ3v) is 10.7. The molecular formula is C36H36ClN7O8S. The molecule has 3 aromatic carbocycles. The molecule has 0 saturated heterocycles. The fraction of sp³-hybridized carbons (Fsp3) is 0.278. The van der Waals surface area contributed by atoms with Crippen molar-refractivity contribution in [2.75, 3.05) is 30.9 Å². The smallest absolute Gasteiger partial charge is 0.414 e. The number of rotatable bonds is 14. The van der Waals surface area contributed by atoms with Gasteiger partial charge in [0.15, 0.2) is 5.82 Å². The van der Waals surface area contributed by atoms with Crippen molar-refractivity contribution in [2.24, 2.45) is 11.8 Å². The summed E-state index contributed by atoms with van der Waals surface area (Å²) in [7, 11) is -2.64. The molecule has 2 aromatic heterocycles. The predicted octanol–water partition coefficient (Wildman–Crippen LogP) is 5.40. The normalized spacial score (nSPS) is 15.7. The molecule has 0 aliphatic heterocycles. The van der Waals surface area contributed by atoms with Crippen LogP contribution in [0, 0.1) is 17.0 Å². The maximum Gasteiger partial charge on any atom is 0.414 e. The summed E-state index contributed by atoms with van der Waals surface area (Å²) in [6.07, 6.45) is 4.68. The third-order valence-electron chi connectivity index (χ3n) is 8.71. The van der Waals surface area contributed by atoms with E-state index in [9.17, 15) is 23.2 Å². The van der Waals surface area contributed by atoms with Crippen LogP contribution >= 0.6 is 11.6 Å². The van der Waals surface area contributed by atoms with Crippen LogP contribution in [0.3, 0.4) is 0 Å². The summed E-state index contributed by atoms with van der Waals surface area (Å²) in [5.74, 6) is -0.0875. The van der Waals surface area contributed by atoms with Gasteiger partial charge in [0.05, 0.1) is 47.1 Å². The number of carbonyl (C=O) groups is 2. The van der Waals surface area contributed by atoms with Crippen LogP contribution in [0.4, 0.5) is 23.1 Å². The number of ether oxygens (including phenoxy) is 2. The van der Waals surface area contributed by atoms with Gasteiger partial charge >= 0.3 is 16.9 Å². The number of benzene rings is 3. The van der Waals surface area contributed by atoms with Crippen molar-refractivity contribution in [1.29, 1.82) is 0 Å². The molecule has 1 fully saturated rings. The van der Waals surface area contributed by atoms with Crippen molar-refractivity contribution in [3.8, 4) is 5.88 Å². The fourth-order valence-electron chi connectivity index (χ4n) is 5.83. The fourth-order valence-corrected chi connectivity index (χ4v) is 7.27. The van der Waals surface area contributed by atoms with Gasteiger partial charge in [-0.15, -0.1) is 0 Å². The molecule has 3 N–H and O–H groups in total. The number of para-hydroxylation sites is 1. The van der Waals surface area contributed by atoms with Crippen molar-refractivity contribution < 1.29 is 37.0 Å². The molecule has 1 saturated carbocycles. The second-order valence-electron chi connectivity index (χ2n) is 12.4. The molecule has 0 spiro atoms. The van der Waals surface area contributed by atoms with Crippen LogP contribution in [0.15, 0.2) is 99.6 Å². The van der Waals surface area contributed by atoms with E-state index in [2.05, 4.69) is 35.7 Å². The number of hydrogen-bond donors (Lipinski definition) is 3. The Kier molecular flexibility index (Phi) is 11.7. The molecule has 1 aliphatic carbocycles. The second kappa shape index (κ2) is 16.7. The minimum absolute atomic E-state index is 0.0710. The van der Waals surface area contributed by atoms with E-state index in [4.69, 9.17) is 21.1 Å². The number of halogens is 1. The van der Waals surface area contributed by atoms with Gasteiger partial charge in [0, 0.05) is 12.7 Å². The van der Waals surface area contributed by atoms with Crippen molar-refractivity contribution in [3.63, 3.8) is 0 Å². The lowest BCUT2D eigenvalue weighted by molar-refractivity contribution is -0.832. The maximum atomic E-state index is 13.0. The summed E-state index contributed by atoms with van der Waals surface area (Å²) in [6, 6.07) is 21.7. The van der Waals surface area contributed by atoms with Crippen LogP contribution in [-0.4, -0.2) is 55.7 Å². The predicted molar refractivity (Wildman–Crippen MR) is 193 cm³/mol. The number of aromatic nitrogens is 4. The van der Waals surface area contributed by atoms with Gasteiger partial charge in [0.1, 0.15) is 5.02 Å². The highest BCUT2D eigenvalue weighted by Crippen LogP contribution is 2.32. The van der Waals surface area contributed by atoms with Crippen molar-refractivity contribution in [3.05, 3.63) is 106 Å². The number of amides is 1. The molecule has 0 unspecified atom stereocenters. The van der Waals surface area contributed by atoms with Gasteiger partial charge in [-0.2, -0.15) is 4.98 Å². The Bertz CT molecular complexity index is 2160. The number of nitrogens with zero attached hydrogens (tertiary/aromatic N) is 4. The molecular weight excluding hydrogens is 726 g/mol. The number of esters is 1. The van der Waals surface area contributed by atoms with Crippen molar-refractivity contribution >= 4 is 56.5 Å². The summed E-state index contributed by atoms with van der Waals surface area (Å²) < 4.78 is 41.8. The zero-order valence-corrected chi connectivity index (χ0v) is 30.1. The average molecular weight is 762 g/mol. The first-order valence-electron chi connectivity index (χ1n) is 16.8. The molecule has 15 nitrogen and oxygen atoms in total. The maximum absolute atomic E-state index is 13.0. The number of nitrogens with one attached hydrogen (secondary N) is 3. The highest BCUT2D eigenvalue weighted by molar-refractivity contribution is 7.91. The first kappa shape index (κ1) is 37.0. The Hall–Kier alpha value is -5.74. The van der Waals surface area contributed by atoms with Gasteiger partial charge in [-0.05, 0) is 84.4 Å². The molecule has 1 aliphatic rings. The van der Waals surface area contributed by atoms with Crippen molar-refractivity contribution in [2.45, 2.75) is 42.0 Å². The quantitative estimate of drug-likeness (QED) is 0.0960. The Morgan fingerprint density at radius 3 is 2.34 bits per heavy atom. The molecule has 2 heterocycles. The summed E-state index contributed by atoms with van der Waals surface area (Å²) in [6.45, 7) is 0.458. The van der Waals surface area contributed by atoms with E-state index in [1.807, 2.05) is 12.1 Å². The highest BCUT2D eigenvalue weighted by Gasteiger charge is 2.36. The molecule has 276 valence electrons. The van der Waals surface area contributed by atoms with E-state index >= 15 is 0 Å². The summed E-state index contributed by atoms with van der Waals surface area (Å²) in [5, 5.41) is 24.1. The van der Waals surface area contributed by atoms with E-state index < -0.39 is 14.9 Å². The minimum Gasteiger partial charge on any atom is -0.465 e. The highest BCUT2D eigenvalue weighted by atomic mass is 35.5. The Morgan fingerprint density at radius 2 is 1.62 bits per heavy atom. The van der Waals surface area contributed by atoms with E-state index in [0.29, 0.717) is 29.4 Å². The SMILES string of the molecule is CNC(=O)c1ccccc1Nc1nc(Nc2ccc(CC(=O)OCC3CCC(COc4no[n+]([O-])c4S(=O)(=O)c4ccccc4)CC3)cc2)ncc1Cl. The first-order chi connectivity index (χ1) is 25.6. The van der Waals surface area contributed by atoms with E-state index in [1.54, 1.807) is 61.6 Å². The lowest BCUT2D eigenvalue weighted by atomic mass is 9.83.